The maximum absolute atomic E-state index is 6.22. The molecule has 0 saturated carbocycles. The van der Waals surface area contributed by atoms with Crippen molar-refractivity contribution >= 4 is 23.4 Å². The van der Waals surface area contributed by atoms with Crippen molar-refractivity contribution in [2.45, 2.75) is 41.9 Å². The predicted octanol–water partition coefficient (Wildman–Crippen LogP) is 5.86. The Kier molecular flexibility index (Phi) is 4.38. The quantitative estimate of drug-likeness (QED) is 0.544. The van der Waals surface area contributed by atoms with Crippen molar-refractivity contribution in [1.82, 2.24) is 0 Å². The first kappa shape index (κ1) is 14.0. The Labute approximate surface area is 130 Å². The van der Waals surface area contributed by atoms with Crippen LogP contribution in [-0.4, -0.2) is 5.88 Å². The summed E-state index contributed by atoms with van der Waals surface area (Å²) in [6, 6.07) is 15.4. The lowest BCUT2D eigenvalue weighted by Gasteiger charge is -2.25. The minimum Gasteiger partial charge on any atom is -0.126 e. The third-order valence-electron chi connectivity index (χ3n) is 3.99. The molecule has 0 saturated heterocycles. The summed E-state index contributed by atoms with van der Waals surface area (Å²) in [4.78, 5) is 2.81. The van der Waals surface area contributed by atoms with Crippen LogP contribution in [0.1, 0.15) is 42.4 Å². The Morgan fingerprint density at radius 1 is 1.10 bits per heavy atom. The average molecular weight is 303 g/mol. The summed E-state index contributed by atoms with van der Waals surface area (Å²) in [7, 11) is 0. The summed E-state index contributed by atoms with van der Waals surface area (Å²) in [5.74, 6) is 1.21. The van der Waals surface area contributed by atoms with Gasteiger partial charge in [-0.05, 0) is 47.6 Å². The van der Waals surface area contributed by atoms with Gasteiger partial charge in [0.1, 0.15) is 0 Å². The first-order chi connectivity index (χ1) is 9.83. The van der Waals surface area contributed by atoms with Gasteiger partial charge < -0.3 is 0 Å². The van der Waals surface area contributed by atoms with Crippen LogP contribution in [0.4, 0.5) is 0 Å². The highest BCUT2D eigenvalue weighted by atomic mass is 35.5. The fraction of sp³-hybridized carbons (Fsp3) is 0.333. The third kappa shape index (κ3) is 2.62. The van der Waals surface area contributed by atoms with Crippen LogP contribution in [0.2, 0.25) is 0 Å². The Morgan fingerprint density at radius 3 is 2.70 bits per heavy atom. The molecule has 2 aromatic rings. The Bertz CT molecular complexity index is 606. The molecule has 0 N–H and O–H groups in total. The van der Waals surface area contributed by atoms with E-state index < -0.39 is 0 Å². The van der Waals surface area contributed by atoms with Gasteiger partial charge in [0, 0.05) is 15.7 Å². The van der Waals surface area contributed by atoms with E-state index in [1.165, 1.54) is 39.3 Å². The van der Waals surface area contributed by atoms with Crippen molar-refractivity contribution in [1.29, 1.82) is 0 Å². The number of hydrogen-bond acceptors (Lipinski definition) is 1. The van der Waals surface area contributed by atoms with Gasteiger partial charge >= 0.3 is 0 Å². The van der Waals surface area contributed by atoms with Crippen LogP contribution in [0.25, 0.3) is 0 Å². The van der Waals surface area contributed by atoms with E-state index in [1.807, 2.05) is 11.8 Å². The lowest BCUT2D eigenvalue weighted by Crippen LogP contribution is -2.09. The van der Waals surface area contributed by atoms with Crippen LogP contribution in [0.15, 0.2) is 52.3 Å². The van der Waals surface area contributed by atoms with Gasteiger partial charge in [-0.1, -0.05) is 55.4 Å². The zero-order chi connectivity index (χ0) is 13.9. The first-order valence-corrected chi connectivity index (χ1v) is 8.62. The fourth-order valence-electron chi connectivity index (χ4n) is 2.97. The molecule has 2 heteroatoms. The first-order valence-electron chi connectivity index (χ1n) is 7.27. The fourth-order valence-corrected chi connectivity index (χ4v) is 4.41. The molecule has 1 aliphatic heterocycles. The number of halogens is 1. The highest BCUT2D eigenvalue weighted by molar-refractivity contribution is 7.99. The second kappa shape index (κ2) is 6.24. The summed E-state index contributed by atoms with van der Waals surface area (Å²) in [5, 5.41) is 0. The topological polar surface area (TPSA) is 0 Å². The summed E-state index contributed by atoms with van der Waals surface area (Å²) < 4.78 is 0. The van der Waals surface area contributed by atoms with Gasteiger partial charge in [-0.15, -0.1) is 11.6 Å². The number of fused-ring (bicyclic) bond motifs is 2. The summed E-state index contributed by atoms with van der Waals surface area (Å²) in [5.41, 5.74) is 4.40. The van der Waals surface area contributed by atoms with E-state index in [1.54, 1.807) is 0 Å². The normalized spacial score (nSPS) is 14.5. The smallest absolute Gasteiger partial charge is 0.0292 e. The molecule has 0 fully saturated rings. The van der Waals surface area contributed by atoms with E-state index in [2.05, 4.69) is 49.4 Å². The summed E-state index contributed by atoms with van der Waals surface area (Å²) >= 11 is 8.12. The lowest BCUT2D eigenvalue weighted by molar-refractivity contribution is 0.661. The highest BCUT2D eigenvalue weighted by Crippen LogP contribution is 2.42. The number of hydrogen-bond donors (Lipinski definition) is 0. The largest absolute Gasteiger partial charge is 0.126 e. The van der Waals surface area contributed by atoms with E-state index in [-0.39, 0.29) is 0 Å². The van der Waals surface area contributed by atoms with Crippen LogP contribution in [-0.2, 0) is 6.42 Å². The number of alkyl halides is 1. The van der Waals surface area contributed by atoms with Gasteiger partial charge in [0.15, 0.2) is 0 Å². The molecule has 20 heavy (non-hydrogen) atoms. The van der Waals surface area contributed by atoms with Gasteiger partial charge in [0.05, 0.1) is 0 Å². The molecule has 0 amide bonds. The molecule has 0 spiro atoms. The zero-order valence-corrected chi connectivity index (χ0v) is 13.3. The van der Waals surface area contributed by atoms with Gasteiger partial charge in [-0.25, -0.2) is 0 Å². The molecule has 104 valence electrons. The maximum atomic E-state index is 6.22. The van der Waals surface area contributed by atoms with Gasteiger partial charge in [-0.2, -0.15) is 0 Å². The van der Waals surface area contributed by atoms with Crippen molar-refractivity contribution in [3.05, 3.63) is 59.2 Å². The molecule has 1 heterocycles. The Balaban J connectivity index is 2.01. The summed E-state index contributed by atoms with van der Waals surface area (Å²) in [6.45, 7) is 2.24. The molecule has 2 aromatic carbocycles. The molecule has 0 radical (unpaired) electrons. The molecule has 1 unspecified atom stereocenters. The highest BCUT2D eigenvalue weighted by Gasteiger charge is 2.21. The number of rotatable bonds is 4. The van der Waals surface area contributed by atoms with Crippen LogP contribution in [0.3, 0.4) is 0 Å². The second-order valence-corrected chi connectivity index (χ2v) is 6.74. The van der Waals surface area contributed by atoms with Gasteiger partial charge in [0.2, 0.25) is 0 Å². The maximum Gasteiger partial charge on any atom is 0.0292 e. The van der Waals surface area contributed by atoms with Gasteiger partial charge in [0.25, 0.3) is 0 Å². The van der Waals surface area contributed by atoms with E-state index in [0.29, 0.717) is 5.92 Å². The monoisotopic (exact) mass is 302 g/mol. The van der Waals surface area contributed by atoms with E-state index in [0.717, 1.165) is 12.3 Å². The lowest BCUT2D eigenvalue weighted by atomic mass is 9.89. The van der Waals surface area contributed by atoms with Crippen molar-refractivity contribution in [2.24, 2.45) is 0 Å². The molecule has 0 aromatic heterocycles. The van der Waals surface area contributed by atoms with E-state index in [4.69, 9.17) is 11.6 Å². The predicted molar refractivity (Wildman–Crippen MR) is 88.2 cm³/mol. The molecule has 0 aliphatic carbocycles. The second-order valence-electron chi connectivity index (χ2n) is 5.35. The molecular formula is C18H19ClS. The van der Waals surface area contributed by atoms with Crippen LogP contribution in [0.5, 0.6) is 0 Å². The van der Waals surface area contributed by atoms with E-state index >= 15 is 0 Å². The molecule has 3 rings (SSSR count). The molecule has 1 aliphatic rings. The van der Waals surface area contributed by atoms with Crippen molar-refractivity contribution in [3.63, 3.8) is 0 Å². The minimum absolute atomic E-state index is 0.488. The van der Waals surface area contributed by atoms with Crippen LogP contribution in [0, 0.1) is 0 Å². The van der Waals surface area contributed by atoms with Crippen molar-refractivity contribution in [2.75, 3.05) is 5.88 Å². The Morgan fingerprint density at radius 2 is 1.90 bits per heavy atom. The molecule has 1 atom stereocenters. The van der Waals surface area contributed by atoms with Crippen molar-refractivity contribution < 1.29 is 0 Å². The zero-order valence-electron chi connectivity index (χ0n) is 11.7. The molecule has 0 nitrogen and oxygen atoms in total. The number of benzene rings is 2. The summed E-state index contributed by atoms with van der Waals surface area (Å²) in [6.07, 6.45) is 3.41. The molecular weight excluding hydrogens is 284 g/mol. The molecule has 0 bridgehead atoms. The van der Waals surface area contributed by atoms with Gasteiger partial charge in [-0.3, -0.25) is 0 Å². The minimum atomic E-state index is 0.488. The standard InChI is InChI=1S/C18H19ClS/c1-2-6-14(12-19)15-8-5-10-18-16(15)11-13-7-3-4-9-17(13)20-18/h3-5,7-10,14H,2,6,11-12H2,1H3. The SMILES string of the molecule is CCCC(CCl)c1cccc2c1Cc1ccccc1S2. The average Bonchev–Trinajstić information content (AvgIpc) is 2.50. The van der Waals surface area contributed by atoms with E-state index in [9.17, 15) is 0 Å². The van der Waals surface area contributed by atoms with Crippen molar-refractivity contribution in [3.8, 4) is 0 Å². The van der Waals surface area contributed by atoms with Crippen LogP contribution < -0.4 is 0 Å². The third-order valence-corrected chi connectivity index (χ3v) is 5.59. The van der Waals surface area contributed by atoms with Crippen LogP contribution >= 0.6 is 23.4 Å². The Hall–Kier alpha value is -0.920.